The maximum atomic E-state index is 12.5. The van der Waals surface area contributed by atoms with Crippen molar-refractivity contribution in [2.75, 3.05) is 19.0 Å². The quantitative estimate of drug-likeness (QED) is 0.738. The summed E-state index contributed by atoms with van der Waals surface area (Å²) in [5.41, 5.74) is 2.26. The molecule has 9 heteroatoms. The van der Waals surface area contributed by atoms with Gasteiger partial charge in [-0.15, -0.1) is 0 Å². The zero-order chi connectivity index (χ0) is 18.0. The van der Waals surface area contributed by atoms with E-state index in [0.717, 1.165) is 0 Å². The van der Waals surface area contributed by atoms with Gasteiger partial charge in [0.25, 0.3) is 5.91 Å². The fourth-order valence-corrected chi connectivity index (χ4v) is 2.34. The maximum absolute atomic E-state index is 12.5. The first-order chi connectivity index (χ1) is 11.2. The molecule has 0 aliphatic heterocycles. The molecule has 9 nitrogen and oxygen atoms in total. The molecule has 0 saturated heterocycles. The molecule has 2 aromatic heterocycles. The fraction of sp³-hybridized carbons (Fsp3) is 0.400. The van der Waals surface area contributed by atoms with Crippen molar-refractivity contribution in [3.05, 3.63) is 34.4 Å². The number of amides is 1. The van der Waals surface area contributed by atoms with E-state index in [1.54, 1.807) is 39.8 Å². The van der Waals surface area contributed by atoms with Gasteiger partial charge in [-0.2, -0.15) is 5.10 Å². The number of anilines is 1. The molecule has 0 aliphatic carbocycles. The fourth-order valence-electron chi connectivity index (χ4n) is 2.34. The van der Waals surface area contributed by atoms with Crippen LogP contribution in [0.4, 0.5) is 5.95 Å². The van der Waals surface area contributed by atoms with E-state index in [4.69, 9.17) is 0 Å². The number of carbonyl (C=O) groups is 2. The van der Waals surface area contributed by atoms with E-state index in [-0.39, 0.29) is 5.56 Å². The van der Waals surface area contributed by atoms with Gasteiger partial charge in [-0.05, 0) is 20.8 Å². The molecule has 0 unspecified atom stereocenters. The van der Waals surface area contributed by atoms with Gasteiger partial charge in [0.1, 0.15) is 0 Å². The highest BCUT2D eigenvalue weighted by atomic mass is 16.4. The number of H-pyrrole nitrogens is 1. The number of carboxylic acid groups (broad SMARTS) is 1. The summed E-state index contributed by atoms with van der Waals surface area (Å²) in [6.45, 7) is 5.06. The van der Waals surface area contributed by atoms with E-state index in [1.165, 1.54) is 6.20 Å². The normalized spacial score (nSPS) is 11.9. The highest BCUT2D eigenvalue weighted by molar-refractivity contribution is 5.97. The van der Waals surface area contributed by atoms with Crippen LogP contribution < -0.4 is 10.2 Å². The number of nitrogens with one attached hydrogen (secondary N) is 2. The predicted molar refractivity (Wildman–Crippen MR) is 87.0 cm³/mol. The Hall–Kier alpha value is -2.97. The van der Waals surface area contributed by atoms with Crippen molar-refractivity contribution in [3.63, 3.8) is 0 Å². The van der Waals surface area contributed by atoms with Gasteiger partial charge >= 0.3 is 5.97 Å². The SMILES string of the molecule is Cc1nc(N(C)C)ncc1C(=O)N[C@@H](C(=O)O)c1c(C)n[nH]c1C. The van der Waals surface area contributed by atoms with E-state index >= 15 is 0 Å². The zero-order valence-corrected chi connectivity index (χ0v) is 14.2. The van der Waals surface area contributed by atoms with Gasteiger partial charge in [-0.3, -0.25) is 9.89 Å². The van der Waals surface area contributed by atoms with Crippen LogP contribution in [0.2, 0.25) is 0 Å². The third-order valence-electron chi connectivity index (χ3n) is 3.61. The molecule has 3 N–H and O–H groups in total. The molecule has 0 spiro atoms. The summed E-state index contributed by atoms with van der Waals surface area (Å²) in [7, 11) is 3.58. The molecule has 1 atom stereocenters. The van der Waals surface area contributed by atoms with Crippen LogP contribution >= 0.6 is 0 Å². The Labute approximate surface area is 139 Å². The van der Waals surface area contributed by atoms with Crippen LogP contribution in [-0.4, -0.2) is 51.2 Å². The lowest BCUT2D eigenvalue weighted by Crippen LogP contribution is -2.35. The minimum absolute atomic E-state index is 0.227. The number of nitrogens with zero attached hydrogens (tertiary/aromatic N) is 4. The van der Waals surface area contributed by atoms with Crippen molar-refractivity contribution in [1.29, 1.82) is 0 Å². The first-order valence-electron chi connectivity index (χ1n) is 7.28. The van der Waals surface area contributed by atoms with Crippen molar-refractivity contribution in [1.82, 2.24) is 25.5 Å². The zero-order valence-electron chi connectivity index (χ0n) is 14.2. The van der Waals surface area contributed by atoms with Crippen molar-refractivity contribution in [2.24, 2.45) is 0 Å². The largest absolute Gasteiger partial charge is 0.479 e. The summed E-state index contributed by atoms with van der Waals surface area (Å²) >= 11 is 0. The molecule has 1 amide bonds. The Bertz CT molecular complexity index is 764. The van der Waals surface area contributed by atoms with Crippen LogP contribution in [0.3, 0.4) is 0 Å². The van der Waals surface area contributed by atoms with Gasteiger partial charge in [0.15, 0.2) is 6.04 Å². The highest BCUT2D eigenvalue weighted by Gasteiger charge is 2.28. The number of aromatic amines is 1. The summed E-state index contributed by atoms with van der Waals surface area (Å²) in [4.78, 5) is 34.1. The smallest absolute Gasteiger partial charge is 0.331 e. The first kappa shape index (κ1) is 17.4. The van der Waals surface area contributed by atoms with Gasteiger partial charge < -0.3 is 15.3 Å². The molecule has 0 bridgehead atoms. The Morgan fingerprint density at radius 2 is 1.92 bits per heavy atom. The number of aliphatic carboxylic acids is 1. The first-order valence-corrected chi connectivity index (χ1v) is 7.28. The van der Waals surface area contributed by atoms with Crippen molar-refractivity contribution >= 4 is 17.8 Å². The maximum Gasteiger partial charge on any atom is 0.331 e. The second-order valence-electron chi connectivity index (χ2n) is 5.66. The lowest BCUT2D eigenvalue weighted by Gasteiger charge is -2.16. The van der Waals surface area contributed by atoms with E-state index in [0.29, 0.717) is 28.6 Å². The summed E-state index contributed by atoms with van der Waals surface area (Å²) in [5, 5.41) is 18.7. The minimum atomic E-state index is -1.20. The Morgan fingerprint density at radius 3 is 2.38 bits per heavy atom. The number of aryl methyl sites for hydroxylation is 3. The van der Waals surface area contributed by atoms with E-state index in [1.807, 2.05) is 0 Å². The minimum Gasteiger partial charge on any atom is -0.479 e. The summed E-state index contributed by atoms with van der Waals surface area (Å²) in [5.74, 6) is -1.25. The number of hydrogen-bond acceptors (Lipinski definition) is 6. The second-order valence-corrected chi connectivity index (χ2v) is 5.66. The molecular formula is C15H20N6O3. The van der Waals surface area contributed by atoms with Crippen LogP contribution in [-0.2, 0) is 4.79 Å². The van der Waals surface area contributed by atoms with E-state index in [9.17, 15) is 14.7 Å². The third-order valence-corrected chi connectivity index (χ3v) is 3.61. The van der Waals surface area contributed by atoms with Gasteiger partial charge in [0.2, 0.25) is 5.95 Å². The average molecular weight is 332 g/mol. The lowest BCUT2D eigenvalue weighted by molar-refractivity contribution is -0.139. The molecule has 0 saturated carbocycles. The molecule has 128 valence electrons. The molecule has 0 radical (unpaired) electrons. The van der Waals surface area contributed by atoms with E-state index < -0.39 is 17.9 Å². The Morgan fingerprint density at radius 1 is 1.25 bits per heavy atom. The monoisotopic (exact) mass is 332 g/mol. The highest BCUT2D eigenvalue weighted by Crippen LogP contribution is 2.21. The Balaban J connectivity index is 2.31. The molecule has 2 rings (SSSR count). The van der Waals surface area contributed by atoms with Gasteiger partial charge in [-0.1, -0.05) is 0 Å². The van der Waals surface area contributed by atoms with Crippen LogP contribution in [0.1, 0.15) is 39.0 Å². The van der Waals surface area contributed by atoms with Crippen molar-refractivity contribution in [3.8, 4) is 0 Å². The number of rotatable bonds is 5. The molecule has 0 fully saturated rings. The third kappa shape index (κ3) is 3.34. The standard InChI is InChI=1S/C15H20N6O3/c1-7-10(6-16-15(17-7)21(4)5)13(22)18-12(14(23)24)11-8(2)19-20-9(11)3/h6,12H,1-5H3,(H,18,22)(H,19,20)(H,23,24)/t12-/m1/s1. The molecule has 0 aromatic carbocycles. The number of carboxylic acids is 1. The van der Waals surface area contributed by atoms with Crippen molar-refractivity contribution < 1.29 is 14.7 Å². The van der Waals surface area contributed by atoms with Gasteiger partial charge in [-0.25, -0.2) is 14.8 Å². The van der Waals surface area contributed by atoms with Crippen LogP contribution in [0, 0.1) is 20.8 Å². The molecule has 24 heavy (non-hydrogen) atoms. The number of carbonyl (C=O) groups excluding carboxylic acids is 1. The van der Waals surface area contributed by atoms with Crippen molar-refractivity contribution in [2.45, 2.75) is 26.8 Å². The molecule has 2 aromatic rings. The summed E-state index contributed by atoms with van der Waals surface area (Å²) in [6, 6.07) is -1.20. The lowest BCUT2D eigenvalue weighted by atomic mass is 10.0. The molecule has 0 aliphatic rings. The summed E-state index contributed by atoms with van der Waals surface area (Å²) < 4.78 is 0. The Kier molecular flexibility index (Phi) is 4.82. The number of hydrogen-bond donors (Lipinski definition) is 3. The van der Waals surface area contributed by atoms with Crippen LogP contribution in [0.25, 0.3) is 0 Å². The number of aromatic nitrogens is 4. The van der Waals surface area contributed by atoms with Crippen LogP contribution in [0.5, 0.6) is 0 Å². The molecular weight excluding hydrogens is 312 g/mol. The topological polar surface area (TPSA) is 124 Å². The molecule has 2 heterocycles. The van der Waals surface area contributed by atoms with E-state index in [2.05, 4.69) is 25.5 Å². The summed E-state index contributed by atoms with van der Waals surface area (Å²) in [6.07, 6.45) is 1.39. The second kappa shape index (κ2) is 6.65. The average Bonchev–Trinajstić information content (AvgIpc) is 2.83. The van der Waals surface area contributed by atoms with Crippen LogP contribution in [0.15, 0.2) is 6.20 Å². The predicted octanol–water partition coefficient (Wildman–Crippen LogP) is 0.747. The van der Waals surface area contributed by atoms with Gasteiger partial charge in [0.05, 0.1) is 17.0 Å². The van der Waals surface area contributed by atoms with Gasteiger partial charge in [0, 0.05) is 31.5 Å².